The van der Waals surface area contributed by atoms with Crippen LogP contribution in [0.4, 0.5) is 4.79 Å². The number of hydrogen-bond acceptors (Lipinski definition) is 4. The molecule has 1 rings (SSSR count). The Kier molecular flexibility index (Phi) is 5.59. The first-order valence-corrected chi connectivity index (χ1v) is 6.22. The van der Waals surface area contributed by atoms with E-state index in [0.29, 0.717) is 26.1 Å². The molecule has 0 aromatic heterocycles. The predicted octanol–water partition coefficient (Wildman–Crippen LogP) is 0.398. The third-order valence-electron chi connectivity index (χ3n) is 3.12. The zero-order valence-electron chi connectivity index (χ0n) is 11.3. The van der Waals surface area contributed by atoms with E-state index < -0.39 is 5.97 Å². The van der Waals surface area contributed by atoms with Crippen molar-refractivity contribution in [2.75, 3.05) is 33.8 Å². The van der Waals surface area contributed by atoms with E-state index in [1.807, 2.05) is 0 Å². The first-order valence-electron chi connectivity index (χ1n) is 6.22. The average Bonchev–Trinajstić information content (AvgIpc) is 2.31. The zero-order valence-corrected chi connectivity index (χ0v) is 11.3. The number of hydrogen-bond donors (Lipinski definition) is 1. The molecule has 0 aromatic rings. The van der Waals surface area contributed by atoms with Crippen LogP contribution in [0.15, 0.2) is 0 Å². The smallest absolute Gasteiger partial charge is 0.319 e. The predicted molar refractivity (Wildman–Crippen MR) is 66.6 cm³/mol. The van der Waals surface area contributed by atoms with Crippen LogP contribution in [0.1, 0.15) is 19.3 Å². The van der Waals surface area contributed by atoms with Crippen molar-refractivity contribution in [2.45, 2.75) is 19.3 Å². The number of aliphatic carboxylic acids is 1. The fraction of sp³-hybridized carbons (Fsp3) is 0.750. The van der Waals surface area contributed by atoms with Crippen LogP contribution in [0, 0.1) is 5.92 Å². The van der Waals surface area contributed by atoms with Gasteiger partial charge in [0, 0.05) is 39.0 Å². The van der Waals surface area contributed by atoms with Crippen LogP contribution in [0.2, 0.25) is 0 Å². The molecule has 2 amide bonds. The maximum atomic E-state index is 11.9. The number of amides is 2. The van der Waals surface area contributed by atoms with Crippen LogP contribution in [0.25, 0.3) is 0 Å². The highest BCUT2D eigenvalue weighted by Crippen LogP contribution is 2.20. The summed E-state index contributed by atoms with van der Waals surface area (Å²) in [4.78, 5) is 36.5. The van der Waals surface area contributed by atoms with Gasteiger partial charge in [0.15, 0.2) is 0 Å². The van der Waals surface area contributed by atoms with Gasteiger partial charge in [-0.1, -0.05) is 0 Å². The highest BCUT2D eigenvalue weighted by Gasteiger charge is 2.33. The van der Waals surface area contributed by atoms with Crippen LogP contribution in [-0.4, -0.2) is 66.7 Å². The highest BCUT2D eigenvalue weighted by atomic mass is 16.5. The van der Waals surface area contributed by atoms with Crippen molar-refractivity contribution >= 4 is 18.0 Å². The maximum absolute atomic E-state index is 11.9. The average molecular weight is 272 g/mol. The lowest BCUT2D eigenvalue weighted by Crippen LogP contribution is -2.54. The van der Waals surface area contributed by atoms with Crippen molar-refractivity contribution in [1.29, 1.82) is 0 Å². The number of likely N-dealkylation sites (tertiary alicyclic amines) is 1. The van der Waals surface area contributed by atoms with E-state index in [-0.39, 0.29) is 30.8 Å². The molecule has 7 nitrogen and oxygen atoms in total. The Balaban J connectivity index is 2.20. The largest absolute Gasteiger partial charge is 0.481 e. The molecule has 0 radical (unpaired) electrons. The van der Waals surface area contributed by atoms with E-state index in [2.05, 4.69) is 4.74 Å². The van der Waals surface area contributed by atoms with Gasteiger partial charge in [0.25, 0.3) is 0 Å². The van der Waals surface area contributed by atoms with E-state index in [9.17, 15) is 14.4 Å². The van der Waals surface area contributed by atoms with E-state index in [4.69, 9.17) is 5.11 Å². The first-order chi connectivity index (χ1) is 8.93. The molecular weight excluding hydrogens is 252 g/mol. The monoisotopic (exact) mass is 272 g/mol. The number of carbonyl (C=O) groups excluding carboxylic acids is 2. The summed E-state index contributed by atoms with van der Waals surface area (Å²) in [7, 11) is 3.00. The Labute approximate surface area is 112 Å². The molecule has 0 aromatic carbocycles. The summed E-state index contributed by atoms with van der Waals surface area (Å²) in [5.41, 5.74) is 0. The second-order valence-electron chi connectivity index (χ2n) is 4.75. The quantitative estimate of drug-likeness (QED) is 0.707. The van der Waals surface area contributed by atoms with Gasteiger partial charge < -0.3 is 19.6 Å². The molecule has 19 heavy (non-hydrogen) atoms. The number of urea groups is 1. The van der Waals surface area contributed by atoms with Crippen LogP contribution in [0.5, 0.6) is 0 Å². The third kappa shape index (κ3) is 4.76. The van der Waals surface area contributed by atoms with Crippen LogP contribution < -0.4 is 0 Å². The lowest BCUT2D eigenvalue weighted by molar-refractivity contribution is -0.141. The molecule has 1 aliphatic rings. The number of nitrogens with zero attached hydrogens (tertiary/aromatic N) is 2. The second-order valence-corrected chi connectivity index (χ2v) is 4.75. The normalized spacial score (nSPS) is 14.7. The molecule has 0 unspecified atom stereocenters. The zero-order chi connectivity index (χ0) is 14.4. The standard InChI is InChI=1S/C12H20N2O5/c1-13(5-3-4-11(17)19-2)12(18)14-7-9(8-14)6-10(15)16/h9H,3-8H2,1-2H3,(H,15,16). The molecule has 1 aliphatic heterocycles. The fourth-order valence-electron chi connectivity index (χ4n) is 2.00. The Morgan fingerprint density at radius 1 is 1.37 bits per heavy atom. The van der Waals surface area contributed by atoms with Gasteiger partial charge in [0.2, 0.25) is 0 Å². The molecule has 0 atom stereocenters. The lowest BCUT2D eigenvalue weighted by atomic mass is 9.97. The Bertz CT molecular complexity index is 352. The van der Waals surface area contributed by atoms with Gasteiger partial charge >= 0.3 is 18.0 Å². The van der Waals surface area contributed by atoms with Crippen molar-refractivity contribution in [3.8, 4) is 0 Å². The summed E-state index contributed by atoms with van der Waals surface area (Å²) >= 11 is 0. The lowest BCUT2D eigenvalue weighted by Gasteiger charge is -2.40. The van der Waals surface area contributed by atoms with Crippen LogP contribution in [-0.2, 0) is 14.3 Å². The molecule has 1 heterocycles. The van der Waals surface area contributed by atoms with Gasteiger partial charge in [-0.25, -0.2) is 4.79 Å². The summed E-state index contributed by atoms with van der Waals surface area (Å²) in [6.07, 6.45) is 0.951. The van der Waals surface area contributed by atoms with Crippen molar-refractivity contribution in [3.05, 3.63) is 0 Å². The summed E-state index contributed by atoms with van der Waals surface area (Å²) in [6, 6.07) is -0.119. The minimum absolute atomic E-state index is 0.0601. The van der Waals surface area contributed by atoms with Crippen molar-refractivity contribution in [3.63, 3.8) is 0 Å². The second kappa shape index (κ2) is 6.96. The summed E-state index contributed by atoms with van der Waals surface area (Å²) < 4.78 is 4.51. The summed E-state index contributed by atoms with van der Waals surface area (Å²) in [5, 5.41) is 8.62. The molecule has 0 bridgehead atoms. The van der Waals surface area contributed by atoms with Crippen molar-refractivity contribution in [1.82, 2.24) is 9.80 Å². The van der Waals surface area contributed by atoms with Crippen LogP contribution in [0.3, 0.4) is 0 Å². The number of carboxylic acid groups (broad SMARTS) is 1. The maximum Gasteiger partial charge on any atom is 0.319 e. The Morgan fingerprint density at radius 2 is 2.00 bits per heavy atom. The Morgan fingerprint density at radius 3 is 2.53 bits per heavy atom. The van der Waals surface area contributed by atoms with Gasteiger partial charge in [-0.05, 0) is 6.42 Å². The SMILES string of the molecule is COC(=O)CCCN(C)C(=O)N1CC(CC(=O)O)C1. The molecular formula is C12H20N2O5. The number of rotatable bonds is 6. The fourth-order valence-corrected chi connectivity index (χ4v) is 2.00. The Hall–Kier alpha value is -1.79. The molecule has 1 saturated heterocycles. The number of methoxy groups -OCH3 is 1. The molecule has 108 valence electrons. The van der Waals surface area contributed by atoms with Crippen molar-refractivity contribution in [2.24, 2.45) is 5.92 Å². The molecule has 0 saturated carbocycles. The minimum atomic E-state index is -0.830. The number of esters is 1. The number of carboxylic acids is 1. The van der Waals surface area contributed by atoms with E-state index in [1.54, 1.807) is 16.8 Å². The molecule has 1 fully saturated rings. The first kappa shape index (κ1) is 15.3. The van der Waals surface area contributed by atoms with Gasteiger partial charge in [0.05, 0.1) is 13.5 Å². The summed E-state index contributed by atoms with van der Waals surface area (Å²) in [5.74, 6) is -1.06. The molecule has 7 heteroatoms. The van der Waals surface area contributed by atoms with Gasteiger partial charge in [-0.3, -0.25) is 9.59 Å². The van der Waals surface area contributed by atoms with Crippen LogP contribution >= 0.6 is 0 Å². The van der Waals surface area contributed by atoms with Crippen molar-refractivity contribution < 1.29 is 24.2 Å². The molecule has 0 spiro atoms. The number of carbonyl (C=O) groups is 3. The minimum Gasteiger partial charge on any atom is -0.481 e. The highest BCUT2D eigenvalue weighted by molar-refractivity contribution is 5.76. The van der Waals surface area contributed by atoms with Gasteiger partial charge in [0.1, 0.15) is 0 Å². The van der Waals surface area contributed by atoms with Gasteiger partial charge in [-0.2, -0.15) is 0 Å². The van der Waals surface area contributed by atoms with E-state index in [0.717, 1.165) is 0 Å². The summed E-state index contributed by atoms with van der Waals surface area (Å²) in [6.45, 7) is 1.47. The van der Waals surface area contributed by atoms with Gasteiger partial charge in [-0.15, -0.1) is 0 Å². The topological polar surface area (TPSA) is 87.2 Å². The number of ether oxygens (including phenoxy) is 1. The van der Waals surface area contributed by atoms with E-state index >= 15 is 0 Å². The molecule has 0 aliphatic carbocycles. The molecule has 1 N–H and O–H groups in total. The third-order valence-corrected chi connectivity index (χ3v) is 3.12. The van der Waals surface area contributed by atoms with E-state index in [1.165, 1.54) is 7.11 Å².